The van der Waals surface area contributed by atoms with E-state index in [1.54, 1.807) is 23.4 Å². The Labute approximate surface area is 148 Å². The quantitative estimate of drug-likeness (QED) is 0.865. The first-order valence-corrected chi connectivity index (χ1v) is 8.28. The predicted octanol–water partition coefficient (Wildman–Crippen LogP) is 3.96. The summed E-state index contributed by atoms with van der Waals surface area (Å²) in [6.07, 6.45) is 3.48. The van der Waals surface area contributed by atoms with Crippen LogP contribution in [0.25, 0.3) is 0 Å². The maximum atomic E-state index is 12.8. The highest BCUT2D eigenvalue weighted by Crippen LogP contribution is 2.25. The zero-order chi connectivity index (χ0) is 18.4. The third kappa shape index (κ3) is 4.56. The summed E-state index contributed by atoms with van der Waals surface area (Å²) in [6, 6.07) is 8.95. The highest BCUT2D eigenvalue weighted by Gasteiger charge is 2.21. The van der Waals surface area contributed by atoms with Gasteiger partial charge in [0.05, 0.1) is 6.04 Å². The molecule has 0 saturated carbocycles. The first-order chi connectivity index (χ1) is 11.9. The molecule has 3 amide bonds. The number of carbonyl (C=O) groups is 2. The summed E-state index contributed by atoms with van der Waals surface area (Å²) in [5.74, 6) is -0.146. The highest BCUT2D eigenvalue weighted by molar-refractivity contribution is 5.94. The van der Waals surface area contributed by atoms with Crippen molar-refractivity contribution in [3.8, 4) is 0 Å². The van der Waals surface area contributed by atoms with E-state index in [2.05, 4.69) is 15.6 Å². The molecule has 1 aromatic heterocycles. The van der Waals surface area contributed by atoms with E-state index >= 15 is 0 Å². The second-order valence-corrected chi connectivity index (χ2v) is 5.84. The van der Waals surface area contributed by atoms with Crippen LogP contribution in [0.15, 0.2) is 42.7 Å². The zero-order valence-corrected chi connectivity index (χ0v) is 15.0. The molecule has 6 nitrogen and oxygen atoms in total. The smallest absolute Gasteiger partial charge is 0.322 e. The van der Waals surface area contributed by atoms with Gasteiger partial charge in [0.2, 0.25) is 5.91 Å². The third-order valence-electron chi connectivity index (χ3n) is 4.12. The molecule has 2 rings (SSSR count). The molecule has 1 unspecified atom stereocenters. The van der Waals surface area contributed by atoms with Gasteiger partial charge >= 0.3 is 6.03 Å². The molecule has 0 aliphatic carbocycles. The van der Waals surface area contributed by atoms with Gasteiger partial charge in [-0.3, -0.25) is 9.78 Å². The summed E-state index contributed by atoms with van der Waals surface area (Å²) in [4.78, 5) is 29.9. The fourth-order valence-electron chi connectivity index (χ4n) is 2.68. The van der Waals surface area contributed by atoms with E-state index in [-0.39, 0.29) is 18.0 Å². The van der Waals surface area contributed by atoms with Crippen molar-refractivity contribution in [1.82, 2.24) is 9.88 Å². The van der Waals surface area contributed by atoms with Crippen molar-refractivity contribution in [2.75, 3.05) is 17.2 Å². The zero-order valence-electron chi connectivity index (χ0n) is 15.0. The number of pyridine rings is 1. The first-order valence-electron chi connectivity index (χ1n) is 8.28. The van der Waals surface area contributed by atoms with Crippen LogP contribution in [0, 0.1) is 6.92 Å². The van der Waals surface area contributed by atoms with Crippen LogP contribution in [-0.4, -0.2) is 28.4 Å². The van der Waals surface area contributed by atoms with E-state index in [4.69, 9.17) is 0 Å². The van der Waals surface area contributed by atoms with E-state index < -0.39 is 0 Å². The lowest BCUT2D eigenvalue weighted by atomic mass is 10.1. The highest BCUT2D eigenvalue weighted by atomic mass is 16.2. The van der Waals surface area contributed by atoms with Gasteiger partial charge in [0, 0.05) is 37.2 Å². The minimum Gasteiger partial charge on any atom is -0.326 e. The summed E-state index contributed by atoms with van der Waals surface area (Å²) in [5.41, 5.74) is 3.15. The molecular weight excluding hydrogens is 316 g/mol. The van der Waals surface area contributed by atoms with E-state index in [1.165, 1.54) is 6.92 Å². The summed E-state index contributed by atoms with van der Waals surface area (Å²) in [6.45, 7) is 7.79. The van der Waals surface area contributed by atoms with Gasteiger partial charge in [0.15, 0.2) is 0 Å². The molecule has 1 atom stereocenters. The Morgan fingerprint density at radius 1 is 1.16 bits per heavy atom. The van der Waals surface area contributed by atoms with Gasteiger partial charge in [0.1, 0.15) is 0 Å². The van der Waals surface area contributed by atoms with Crippen LogP contribution in [-0.2, 0) is 4.79 Å². The molecular formula is C19H24N4O2. The van der Waals surface area contributed by atoms with Gasteiger partial charge in [-0.15, -0.1) is 0 Å². The van der Waals surface area contributed by atoms with Crippen LogP contribution in [0.4, 0.5) is 16.2 Å². The molecule has 0 saturated heterocycles. The summed E-state index contributed by atoms with van der Waals surface area (Å²) in [7, 11) is 0. The SMILES string of the molecule is CCN(C(=O)Nc1cccc(NC(C)=O)c1C)C(C)c1cccnc1. The van der Waals surface area contributed by atoms with E-state index in [9.17, 15) is 9.59 Å². The van der Waals surface area contributed by atoms with Gasteiger partial charge in [-0.25, -0.2) is 4.79 Å². The number of aromatic nitrogens is 1. The van der Waals surface area contributed by atoms with Gasteiger partial charge in [-0.05, 0) is 50.1 Å². The van der Waals surface area contributed by atoms with E-state index in [0.29, 0.717) is 17.9 Å². The summed E-state index contributed by atoms with van der Waals surface area (Å²) < 4.78 is 0. The number of carbonyl (C=O) groups excluding carboxylic acids is 2. The number of nitrogens with zero attached hydrogens (tertiary/aromatic N) is 2. The average Bonchev–Trinajstić information content (AvgIpc) is 2.59. The van der Waals surface area contributed by atoms with Crippen molar-refractivity contribution in [3.05, 3.63) is 53.9 Å². The Hall–Kier alpha value is -2.89. The van der Waals surface area contributed by atoms with Gasteiger partial charge < -0.3 is 15.5 Å². The number of amides is 3. The number of hydrogen-bond acceptors (Lipinski definition) is 3. The molecule has 0 aliphatic rings. The lowest BCUT2D eigenvalue weighted by Gasteiger charge is -2.28. The monoisotopic (exact) mass is 340 g/mol. The molecule has 0 radical (unpaired) electrons. The number of hydrogen-bond donors (Lipinski definition) is 2. The van der Waals surface area contributed by atoms with Crippen molar-refractivity contribution in [2.24, 2.45) is 0 Å². The summed E-state index contributed by atoms with van der Waals surface area (Å²) >= 11 is 0. The molecule has 1 aromatic carbocycles. The first kappa shape index (κ1) is 18.4. The molecule has 0 bridgehead atoms. The predicted molar refractivity (Wildman–Crippen MR) is 99.5 cm³/mol. The maximum absolute atomic E-state index is 12.8. The Morgan fingerprint density at radius 2 is 1.84 bits per heavy atom. The molecule has 2 aromatic rings. The fraction of sp³-hybridized carbons (Fsp3) is 0.316. The molecule has 0 aliphatic heterocycles. The molecule has 25 heavy (non-hydrogen) atoms. The van der Waals surface area contributed by atoms with Crippen LogP contribution >= 0.6 is 0 Å². The van der Waals surface area contributed by atoms with Gasteiger partial charge in [-0.2, -0.15) is 0 Å². The Kier molecular flexibility index (Phi) is 6.11. The van der Waals surface area contributed by atoms with Crippen molar-refractivity contribution in [3.63, 3.8) is 0 Å². The van der Waals surface area contributed by atoms with Crippen molar-refractivity contribution in [2.45, 2.75) is 33.7 Å². The van der Waals surface area contributed by atoms with Crippen LogP contribution < -0.4 is 10.6 Å². The Bertz CT molecular complexity index is 746. The second-order valence-electron chi connectivity index (χ2n) is 5.84. The largest absolute Gasteiger partial charge is 0.326 e. The maximum Gasteiger partial charge on any atom is 0.322 e. The topological polar surface area (TPSA) is 74.3 Å². The van der Waals surface area contributed by atoms with Gasteiger partial charge in [0.25, 0.3) is 0 Å². The molecule has 0 spiro atoms. The number of rotatable bonds is 5. The number of nitrogens with one attached hydrogen (secondary N) is 2. The molecule has 0 fully saturated rings. The normalized spacial score (nSPS) is 11.5. The third-order valence-corrected chi connectivity index (χ3v) is 4.12. The lowest BCUT2D eigenvalue weighted by Crippen LogP contribution is -2.37. The van der Waals surface area contributed by atoms with E-state index in [1.807, 2.05) is 45.0 Å². The molecule has 6 heteroatoms. The number of urea groups is 1. The second kappa shape index (κ2) is 8.28. The van der Waals surface area contributed by atoms with E-state index in [0.717, 1.165) is 11.1 Å². The minimum atomic E-state index is -0.193. The van der Waals surface area contributed by atoms with Crippen LogP contribution in [0.3, 0.4) is 0 Å². The van der Waals surface area contributed by atoms with Crippen molar-refractivity contribution >= 4 is 23.3 Å². The minimum absolute atomic E-state index is 0.0995. The van der Waals surface area contributed by atoms with Crippen LogP contribution in [0.1, 0.15) is 37.9 Å². The fourth-order valence-corrected chi connectivity index (χ4v) is 2.68. The van der Waals surface area contributed by atoms with Crippen LogP contribution in [0.2, 0.25) is 0 Å². The average molecular weight is 340 g/mol. The molecule has 2 N–H and O–H groups in total. The van der Waals surface area contributed by atoms with Gasteiger partial charge in [-0.1, -0.05) is 12.1 Å². The standard InChI is InChI=1S/C19H24N4O2/c1-5-23(14(3)16-8-7-11-20-12-16)19(25)22-18-10-6-9-17(13(18)2)21-15(4)24/h6-12,14H,5H2,1-4H3,(H,21,24)(H,22,25). The van der Waals surface area contributed by atoms with Crippen LogP contribution in [0.5, 0.6) is 0 Å². The Balaban J connectivity index is 2.18. The lowest BCUT2D eigenvalue weighted by molar-refractivity contribution is -0.114. The Morgan fingerprint density at radius 3 is 2.40 bits per heavy atom. The number of benzene rings is 1. The number of anilines is 2. The summed E-state index contributed by atoms with van der Waals surface area (Å²) in [5, 5.41) is 5.71. The van der Waals surface area contributed by atoms with Crippen molar-refractivity contribution < 1.29 is 9.59 Å². The molecule has 132 valence electrons. The van der Waals surface area contributed by atoms with Crippen molar-refractivity contribution in [1.29, 1.82) is 0 Å². The molecule has 1 heterocycles.